The SMILES string of the molecule is C=CC(=O)OCCCCCCCC[Si]C(I)I. The number of alkyl halides is 2. The van der Waals surface area contributed by atoms with Gasteiger partial charge >= 0.3 is 5.97 Å². The third-order valence-electron chi connectivity index (χ3n) is 2.28. The summed E-state index contributed by atoms with van der Waals surface area (Å²) in [5, 5.41) is 0. The van der Waals surface area contributed by atoms with Crippen LogP contribution < -0.4 is 0 Å². The van der Waals surface area contributed by atoms with Crippen LogP contribution in [0.1, 0.15) is 38.5 Å². The fraction of sp³-hybridized carbons (Fsp3) is 0.750. The number of hydrogen-bond donors (Lipinski definition) is 0. The highest BCUT2D eigenvalue weighted by Crippen LogP contribution is 2.12. The highest BCUT2D eigenvalue weighted by molar-refractivity contribution is 14.2. The Morgan fingerprint density at radius 1 is 1.18 bits per heavy atom. The van der Waals surface area contributed by atoms with Gasteiger partial charge in [0.1, 0.15) is 0 Å². The molecule has 98 valence electrons. The standard InChI is InChI=1S/C12H20I2O2Si/c1-2-11(15)16-9-7-5-3-4-6-8-10-17-12(13)14/h2,12H,1,3-10H2. The van der Waals surface area contributed by atoms with Gasteiger partial charge in [0.25, 0.3) is 0 Å². The predicted octanol–water partition coefficient (Wildman–Crippen LogP) is 4.33. The minimum Gasteiger partial charge on any atom is -0.463 e. The fourth-order valence-electron chi connectivity index (χ4n) is 1.38. The Morgan fingerprint density at radius 2 is 1.76 bits per heavy atom. The monoisotopic (exact) mass is 478 g/mol. The summed E-state index contributed by atoms with van der Waals surface area (Å²) in [7, 11) is 1.10. The largest absolute Gasteiger partial charge is 0.463 e. The van der Waals surface area contributed by atoms with E-state index in [1.165, 1.54) is 37.8 Å². The zero-order valence-corrected chi connectivity index (χ0v) is 15.4. The number of ether oxygens (including phenoxy) is 1. The van der Waals surface area contributed by atoms with Crippen molar-refractivity contribution in [1.29, 1.82) is 0 Å². The van der Waals surface area contributed by atoms with E-state index >= 15 is 0 Å². The minimum absolute atomic E-state index is 0.307. The molecular weight excluding hydrogens is 458 g/mol. The lowest BCUT2D eigenvalue weighted by Crippen LogP contribution is -2.01. The van der Waals surface area contributed by atoms with Crippen molar-refractivity contribution >= 4 is 60.7 Å². The lowest BCUT2D eigenvalue weighted by Gasteiger charge is -2.03. The summed E-state index contributed by atoms with van der Waals surface area (Å²) in [6.07, 6.45) is 8.64. The Bertz CT molecular complexity index is 211. The Kier molecular flexibility index (Phi) is 14.0. The van der Waals surface area contributed by atoms with Crippen molar-refractivity contribution in [3.63, 3.8) is 0 Å². The first-order valence-electron chi connectivity index (χ1n) is 5.97. The van der Waals surface area contributed by atoms with E-state index in [0.717, 1.165) is 23.9 Å². The zero-order chi connectivity index (χ0) is 12.9. The molecule has 0 N–H and O–H groups in total. The molecule has 0 heterocycles. The van der Waals surface area contributed by atoms with Crippen LogP contribution in [-0.4, -0.2) is 23.7 Å². The van der Waals surface area contributed by atoms with Gasteiger partial charge in [-0.1, -0.05) is 89.9 Å². The molecule has 2 radical (unpaired) electrons. The van der Waals surface area contributed by atoms with E-state index in [4.69, 9.17) is 4.74 Å². The zero-order valence-electron chi connectivity index (χ0n) is 10.1. The molecule has 0 saturated heterocycles. The molecule has 0 aromatic heterocycles. The number of esters is 1. The van der Waals surface area contributed by atoms with Crippen molar-refractivity contribution in [1.82, 2.24) is 0 Å². The Balaban J connectivity index is 3.03. The summed E-state index contributed by atoms with van der Waals surface area (Å²) in [6, 6.07) is 1.38. The highest BCUT2D eigenvalue weighted by Gasteiger charge is 1.99. The molecule has 0 aliphatic rings. The lowest BCUT2D eigenvalue weighted by atomic mass is 10.1. The Morgan fingerprint density at radius 3 is 2.35 bits per heavy atom. The molecule has 0 bridgehead atoms. The van der Waals surface area contributed by atoms with Crippen molar-refractivity contribution in [2.45, 2.75) is 46.1 Å². The molecule has 0 fully saturated rings. The van der Waals surface area contributed by atoms with Gasteiger partial charge in [-0.15, -0.1) is 0 Å². The van der Waals surface area contributed by atoms with Crippen LogP contribution in [0.4, 0.5) is 0 Å². The number of rotatable bonds is 11. The molecule has 0 unspecified atom stereocenters. The Labute approximate surface area is 134 Å². The minimum atomic E-state index is -0.307. The van der Waals surface area contributed by atoms with Gasteiger partial charge in [-0.2, -0.15) is 0 Å². The van der Waals surface area contributed by atoms with E-state index in [0.29, 0.717) is 6.61 Å². The summed E-state index contributed by atoms with van der Waals surface area (Å²) in [4.78, 5) is 10.7. The van der Waals surface area contributed by atoms with Gasteiger partial charge in [-0.3, -0.25) is 0 Å². The first-order valence-corrected chi connectivity index (χ1v) is 9.75. The molecule has 0 aliphatic carbocycles. The third kappa shape index (κ3) is 14.8. The van der Waals surface area contributed by atoms with E-state index in [-0.39, 0.29) is 5.97 Å². The maximum absolute atomic E-state index is 10.7. The van der Waals surface area contributed by atoms with Crippen LogP contribution in [0, 0.1) is 0 Å². The topological polar surface area (TPSA) is 26.3 Å². The average Bonchev–Trinajstić information content (AvgIpc) is 2.30. The van der Waals surface area contributed by atoms with E-state index in [2.05, 4.69) is 51.8 Å². The van der Waals surface area contributed by atoms with Crippen molar-refractivity contribution < 1.29 is 9.53 Å². The summed E-state index contributed by atoms with van der Waals surface area (Å²) < 4.78 is 5.72. The second-order valence-corrected chi connectivity index (χ2v) is 12.5. The molecule has 0 aliphatic heterocycles. The van der Waals surface area contributed by atoms with Crippen LogP contribution in [0.5, 0.6) is 0 Å². The number of unbranched alkanes of at least 4 members (excludes halogenated alkanes) is 5. The second-order valence-electron chi connectivity index (χ2n) is 3.75. The molecule has 0 aromatic carbocycles. The first kappa shape index (κ1) is 17.9. The van der Waals surface area contributed by atoms with Gasteiger partial charge in [-0.25, -0.2) is 4.79 Å². The van der Waals surface area contributed by atoms with Gasteiger partial charge in [0.05, 0.1) is 17.7 Å². The summed E-state index contributed by atoms with van der Waals surface area (Å²) >= 11 is 4.97. The van der Waals surface area contributed by atoms with Crippen molar-refractivity contribution in [2.24, 2.45) is 0 Å². The maximum atomic E-state index is 10.7. The molecule has 0 spiro atoms. The number of carbonyl (C=O) groups excluding carboxylic acids is 1. The van der Waals surface area contributed by atoms with Crippen LogP contribution in [0.2, 0.25) is 6.04 Å². The summed E-state index contributed by atoms with van der Waals surface area (Å²) in [5.41, 5.74) is 0. The van der Waals surface area contributed by atoms with Crippen LogP contribution in [0.3, 0.4) is 0 Å². The maximum Gasteiger partial charge on any atom is 0.330 e. The molecular formula is C12H20I2O2Si. The number of hydrogen-bond acceptors (Lipinski definition) is 2. The van der Waals surface area contributed by atoms with Crippen molar-refractivity contribution in [3.8, 4) is 0 Å². The van der Waals surface area contributed by atoms with E-state index in [1.807, 2.05) is 0 Å². The number of carbonyl (C=O) groups is 1. The van der Waals surface area contributed by atoms with Gasteiger partial charge in [0, 0.05) is 6.08 Å². The summed E-state index contributed by atoms with van der Waals surface area (Å²) in [6.45, 7) is 3.89. The van der Waals surface area contributed by atoms with Crippen molar-refractivity contribution in [3.05, 3.63) is 12.7 Å². The average molecular weight is 478 g/mol. The quantitative estimate of drug-likeness (QED) is 0.110. The van der Waals surface area contributed by atoms with E-state index in [9.17, 15) is 4.79 Å². The lowest BCUT2D eigenvalue weighted by molar-refractivity contribution is -0.137. The molecule has 0 amide bonds. The fourth-order valence-corrected chi connectivity index (χ4v) is 3.92. The third-order valence-corrected chi connectivity index (χ3v) is 5.87. The van der Waals surface area contributed by atoms with Gasteiger partial charge in [0.15, 0.2) is 0 Å². The molecule has 0 rings (SSSR count). The van der Waals surface area contributed by atoms with Crippen molar-refractivity contribution in [2.75, 3.05) is 6.61 Å². The van der Waals surface area contributed by atoms with Crippen LogP contribution in [-0.2, 0) is 9.53 Å². The van der Waals surface area contributed by atoms with Gasteiger partial charge < -0.3 is 4.74 Å². The summed E-state index contributed by atoms with van der Waals surface area (Å²) in [5.74, 6) is -0.307. The van der Waals surface area contributed by atoms with E-state index in [1.54, 1.807) is 0 Å². The first-order chi connectivity index (χ1) is 8.16. The Hall–Kier alpha value is 0.887. The molecule has 0 atom stereocenters. The van der Waals surface area contributed by atoms with Gasteiger partial charge in [0.2, 0.25) is 0 Å². The molecule has 2 nitrogen and oxygen atoms in total. The molecule has 5 heteroatoms. The van der Waals surface area contributed by atoms with E-state index < -0.39 is 0 Å². The molecule has 0 aromatic rings. The molecule has 0 saturated carbocycles. The van der Waals surface area contributed by atoms with Crippen LogP contribution >= 0.6 is 45.2 Å². The van der Waals surface area contributed by atoms with Crippen LogP contribution in [0.15, 0.2) is 12.7 Å². The normalized spacial score (nSPS) is 10.5. The second kappa shape index (κ2) is 13.3. The smallest absolute Gasteiger partial charge is 0.330 e. The number of halogens is 2. The van der Waals surface area contributed by atoms with Crippen LogP contribution in [0.25, 0.3) is 0 Å². The van der Waals surface area contributed by atoms with Gasteiger partial charge in [-0.05, 0) is 6.42 Å². The predicted molar refractivity (Wildman–Crippen MR) is 91.2 cm³/mol. The molecule has 17 heavy (non-hydrogen) atoms. The highest BCUT2D eigenvalue weighted by atomic mass is 127.